The van der Waals surface area contributed by atoms with Crippen LogP contribution in [0.25, 0.3) is 0 Å². The average molecular weight is 509 g/mol. The number of benzene rings is 2. The van der Waals surface area contributed by atoms with Crippen LogP contribution in [-0.4, -0.2) is 80.5 Å². The third-order valence-electron chi connectivity index (χ3n) is 6.89. The third kappa shape index (κ3) is 7.10. The molecule has 1 aliphatic rings. The Kier molecular flexibility index (Phi) is 10.5. The summed E-state index contributed by atoms with van der Waals surface area (Å²) < 4.78 is 4.91. The number of rotatable bonds is 10. The summed E-state index contributed by atoms with van der Waals surface area (Å²) in [4.78, 5) is 44.9. The van der Waals surface area contributed by atoms with E-state index < -0.39 is 0 Å². The molecule has 1 N–H and O–H groups in total. The first-order chi connectivity index (χ1) is 17.9. The number of carbonyl (C=O) groups is 3. The van der Waals surface area contributed by atoms with Crippen LogP contribution < -0.4 is 10.2 Å². The maximum absolute atomic E-state index is 13.5. The van der Waals surface area contributed by atoms with Gasteiger partial charge in [0.25, 0.3) is 5.91 Å². The van der Waals surface area contributed by atoms with Crippen molar-refractivity contribution < 1.29 is 19.1 Å². The Hall–Kier alpha value is -3.39. The van der Waals surface area contributed by atoms with Gasteiger partial charge in [0.1, 0.15) is 6.61 Å². The first kappa shape index (κ1) is 28.2. The lowest BCUT2D eigenvalue weighted by molar-refractivity contribution is -0.132. The topological polar surface area (TPSA) is 82.2 Å². The van der Waals surface area contributed by atoms with Crippen molar-refractivity contribution in [3.63, 3.8) is 0 Å². The van der Waals surface area contributed by atoms with E-state index in [0.29, 0.717) is 44.0 Å². The predicted molar refractivity (Wildman–Crippen MR) is 147 cm³/mol. The molecule has 3 amide bonds. The Labute approximate surface area is 220 Å². The smallest absolute Gasteiger partial charge is 0.256 e. The van der Waals surface area contributed by atoms with E-state index in [2.05, 4.69) is 17.1 Å². The van der Waals surface area contributed by atoms with Gasteiger partial charge in [0.2, 0.25) is 11.8 Å². The molecule has 0 aromatic heterocycles. The normalized spacial score (nSPS) is 14.6. The minimum Gasteiger partial charge on any atom is -0.375 e. The molecule has 3 rings (SSSR count). The summed E-state index contributed by atoms with van der Waals surface area (Å²) in [5.74, 6) is -0.340. The van der Waals surface area contributed by atoms with Gasteiger partial charge >= 0.3 is 0 Å². The molecule has 1 atom stereocenters. The van der Waals surface area contributed by atoms with Gasteiger partial charge < -0.3 is 24.8 Å². The summed E-state index contributed by atoms with van der Waals surface area (Å²) in [6.45, 7) is 9.73. The van der Waals surface area contributed by atoms with Crippen molar-refractivity contribution in [2.75, 3.05) is 63.2 Å². The molecule has 1 heterocycles. The first-order valence-electron chi connectivity index (χ1n) is 13.2. The molecule has 0 spiro atoms. The van der Waals surface area contributed by atoms with Crippen LogP contribution in [-0.2, 0) is 14.3 Å². The van der Waals surface area contributed by atoms with E-state index in [-0.39, 0.29) is 30.2 Å². The van der Waals surface area contributed by atoms with Gasteiger partial charge in [-0.25, -0.2) is 0 Å². The van der Waals surface area contributed by atoms with Gasteiger partial charge in [-0.3, -0.25) is 14.4 Å². The quantitative estimate of drug-likeness (QED) is 0.525. The highest BCUT2D eigenvalue weighted by Crippen LogP contribution is 2.28. The minimum absolute atomic E-state index is 0.0567. The van der Waals surface area contributed by atoms with E-state index in [9.17, 15) is 14.4 Å². The van der Waals surface area contributed by atoms with E-state index in [1.165, 1.54) is 7.11 Å². The molecule has 0 aliphatic carbocycles. The Morgan fingerprint density at radius 3 is 2.35 bits per heavy atom. The SMILES string of the molecule is CCC(C(=O)N1CCCN(c2ccc(NC(=O)COC)cc2C(=O)N(CC)CC)CC1)c1ccccc1. The fourth-order valence-electron chi connectivity index (χ4n) is 4.91. The van der Waals surface area contributed by atoms with Crippen molar-refractivity contribution >= 4 is 29.1 Å². The highest BCUT2D eigenvalue weighted by molar-refractivity contribution is 6.02. The molecule has 1 saturated heterocycles. The summed E-state index contributed by atoms with van der Waals surface area (Å²) in [6, 6.07) is 15.4. The zero-order valence-electron chi connectivity index (χ0n) is 22.5. The Balaban J connectivity index is 1.83. The Bertz CT molecular complexity index is 1060. The van der Waals surface area contributed by atoms with E-state index in [1.54, 1.807) is 11.0 Å². The maximum Gasteiger partial charge on any atom is 0.256 e. The predicted octanol–water partition coefficient (Wildman–Crippen LogP) is 3.99. The van der Waals surface area contributed by atoms with Gasteiger partial charge in [-0.15, -0.1) is 0 Å². The highest BCUT2D eigenvalue weighted by Gasteiger charge is 2.28. The molecule has 8 nitrogen and oxygen atoms in total. The molecule has 0 bridgehead atoms. The van der Waals surface area contributed by atoms with E-state index in [4.69, 9.17) is 4.74 Å². The fraction of sp³-hybridized carbons (Fsp3) is 0.483. The molecule has 2 aromatic carbocycles. The molecule has 2 aromatic rings. The number of nitrogens with zero attached hydrogens (tertiary/aromatic N) is 3. The molecule has 1 unspecified atom stereocenters. The van der Waals surface area contributed by atoms with Crippen LogP contribution >= 0.6 is 0 Å². The lowest BCUT2D eigenvalue weighted by atomic mass is 9.95. The largest absolute Gasteiger partial charge is 0.375 e. The van der Waals surface area contributed by atoms with Gasteiger partial charge in [0, 0.05) is 57.8 Å². The van der Waals surface area contributed by atoms with Crippen molar-refractivity contribution in [2.45, 2.75) is 39.5 Å². The number of hydrogen-bond donors (Lipinski definition) is 1. The summed E-state index contributed by atoms with van der Waals surface area (Å²) >= 11 is 0. The van der Waals surface area contributed by atoms with E-state index >= 15 is 0 Å². The number of methoxy groups -OCH3 is 1. The number of amides is 3. The van der Waals surface area contributed by atoms with Gasteiger partial charge in [-0.05, 0) is 50.5 Å². The second-order valence-corrected chi connectivity index (χ2v) is 9.23. The van der Waals surface area contributed by atoms with Crippen LogP contribution in [0.3, 0.4) is 0 Å². The fourth-order valence-corrected chi connectivity index (χ4v) is 4.91. The summed E-state index contributed by atoms with van der Waals surface area (Å²) in [5, 5.41) is 2.81. The van der Waals surface area contributed by atoms with Gasteiger partial charge in [0.05, 0.1) is 11.5 Å². The minimum atomic E-state index is -0.274. The van der Waals surface area contributed by atoms with Crippen LogP contribution in [0, 0.1) is 0 Å². The second-order valence-electron chi connectivity index (χ2n) is 9.23. The van der Waals surface area contributed by atoms with Crippen LogP contribution in [0.15, 0.2) is 48.5 Å². The molecule has 200 valence electrons. The van der Waals surface area contributed by atoms with Gasteiger partial charge in [-0.2, -0.15) is 0 Å². The number of nitrogens with one attached hydrogen (secondary N) is 1. The van der Waals surface area contributed by atoms with Crippen molar-refractivity contribution in [3.05, 3.63) is 59.7 Å². The molecule has 37 heavy (non-hydrogen) atoms. The third-order valence-corrected chi connectivity index (χ3v) is 6.89. The first-order valence-corrected chi connectivity index (χ1v) is 13.2. The Morgan fingerprint density at radius 2 is 1.70 bits per heavy atom. The van der Waals surface area contributed by atoms with Gasteiger partial charge in [0.15, 0.2) is 0 Å². The number of hydrogen-bond acceptors (Lipinski definition) is 5. The monoisotopic (exact) mass is 508 g/mol. The lowest BCUT2D eigenvalue weighted by Crippen LogP contribution is -2.38. The summed E-state index contributed by atoms with van der Waals surface area (Å²) in [5.41, 5.74) is 2.98. The standard InChI is InChI=1S/C29H40N4O4/c1-5-24(22-12-9-8-10-13-22)28(35)33-17-11-16-32(18-19-33)26-15-14-23(30-27(34)21-37-4)20-25(26)29(36)31(6-2)7-3/h8-10,12-15,20,24H,5-7,11,16-19,21H2,1-4H3,(H,30,34). The molecule has 0 radical (unpaired) electrons. The van der Waals surface area contributed by atoms with Crippen LogP contribution in [0.5, 0.6) is 0 Å². The van der Waals surface area contributed by atoms with Crippen LogP contribution in [0.4, 0.5) is 11.4 Å². The Morgan fingerprint density at radius 1 is 0.973 bits per heavy atom. The number of carbonyl (C=O) groups excluding carboxylic acids is 3. The zero-order valence-corrected chi connectivity index (χ0v) is 22.5. The number of ether oxygens (including phenoxy) is 1. The maximum atomic E-state index is 13.5. The molecule has 8 heteroatoms. The van der Waals surface area contributed by atoms with E-state index in [1.807, 2.05) is 61.2 Å². The second kappa shape index (κ2) is 13.8. The van der Waals surface area contributed by atoms with Crippen molar-refractivity contribution in [2.24, 2.45) is 0 Å². The molecular formula is C29H40N4O4. The lowest BCUT2D eigenvalue weighted by Gasteiger charge is -2.29. The van der Waals surface area contributed by atoms with Crippen molar-refractivity contribution in [3.8, 4) is 0 Å². The van der Waals surface area contributed by atoms with Crippen LogP contribution in [0.1, 0.15) is 55.5 Å². The van der Waals surface area contributed by atoms with Crippen LogP contribution in [0.2, 0.25) is 0 Å². The average Bonchev–Trinajstić information content (AvgIpc) is 3.17. The van der Waals surface area contributed by atoms with E-state index in [0.717, 1.165) is 30.6 Å². The molecule has 1 aliphatic heterocycles. The molecule has 0 saturated carbocycles. The van der Waals surface area contributed by atoms with Crippen molar-refractivity contribution in [1.29, 1.82) is 0 Å². The zero-order chi connectivity index (χ0) is 26.8. The summed E-state index contributed by atoms with van der Waals surface area (Å²) in [7, 11) is 1.47. The van der Waals surface area contributed by atoms with Crippen molar-refractivity contribution in [1.82, 2.24) is 9.80 Å². The molecular weight excluding hydrogens is 468 g/mol. The number of anilines is 2. The van der Waals surface area contributed by atoms with Gasteiger partial charge in [-0.1, -0.05) is 37.3 Å². The summed E-state index contributed by atoms with van der Waals surface area (Å²) in [6.07, 6.45) is 1.56. The molecule has 1 fully saturated rings. The highest BCUT2D eigenvalue weighted by atomic mass is 16.5.